The molecule has 0 aliphatic rings. The van der Waals surface area contributed by atoms with E-state index in [2.05, 4.69) is 5.32 Å². The number of rotatable bonds is 11. The molecule has 0 aromatic rings. The first-order chi connectivity index (χ1) is 11.1. The zero-order chi connectivity index (χ0) is 18.9. The summed E-state index contributed by atoms with van der Waals surface area (Å²) in [4.78, 5) is 55.6. The number of carbonyl (C=O) groups is 5. The summed E-state index contributed by atoms with van der Waals surface area (Å²) < 4.78 is 0. The van der Waals surface area contributed by atoms with Gasteiger partial charge in [0.2, 0.25) is 11.8 Å². The molecule has 0 aromatic heterocycles. The highest BCUT2D eigenvalue weighted by Crippen LogP contribution is 2.01. The number of nitrogens with one attached hydrogen (secondary N) is 2. The van der Waals surface area contributed by atoms with E-state index in [9.17, 15) is 24.0 Å². The van der Waals surface area contributed by atoms with Crippen LogP contribution in [0.4, 0.5) is 0 Å². The van der Waals surface area contributed by atoms with Crippen LogP contribution in [0.5, 0.6) is 0 Å². The zero-order valence-corrected chi connectivity index (χ0v) is 12.5. The fourth-order valence-electron chi connectivity index (χ4n) is 1.55. The summed E-state index contributed by atoms with van der Waals surface area (Å²) in [5.41, 5.74) is 5.32. The van der Waals surface area contributed by atoms with Gasteiger partial charge in [-0.15, -0.1) is 0 Å². The molecule has 0 rings (SSSR count). The van der Waals surface area contributed by atoms with Crippen LogP contribution in [0.15, 0.2) is 0 Å². The second-order valence-electron chi connectivity index (χ2n) is 4.78. The molecule has 12 heteroatoms. The molecule has 3 atom stereocenters. The second kappa shape index (κ2) is 10.1. The number of carbonyl (C=O) groups excluding carboxylic acids is 2. The Balaban J connectivity index is 4.98. The third kappa shape index (κ3) is 8.05. The second-order valence-corrected chi connectivity index (χ2v) is 4.78. The maximum absolute atomic E-state index is 12.0. The Labute approximate surface area is 135 Å². The number of aliphatic carboxylic acids is 3. The van der Waals surface area contributed by atoms with Crippen LogP contribution in [-0.4, -0.2) is 74.9 Å². The van der Waals surface area contributed by atoms with Crippen LogP contribution in [-0.2, 0) is 24.0 Å². The maximum Gasteiger partial charge on any atom is 0.328 e. The fraction of sp³-hybridized carbons (Fsp3) is 0.583. The number of carboxylic acids is 3. The van der Waals surface area contributed by atoms with Crippen LogP contribution in [0.2, 0.25) is 0 Å². The minimum absolute atomic E-state index is 0.384. The smallest absolute Gasteiger partial charge is 0.328 e. The molecule has 0 aromatic carbocycles. The minimum Gasteiger partial charge on any atom is -0.481 e. The lowest BCUT2D eigenvalue weighted by atomic mass is 10.1. The predicted octanol–water partition coefficient (Wildman–Crippen LogP) is -3.30. The van der Waals surface area contributed by atoms with Crippen LogP contribution >= 0.6 is 0 Å². The van der Waals surface area contributed by atoms with Crippen molar-refractivity contribution in [2.75, 3.05) is 6.61 Å². The first-order valence-electron chi connectivity index (χ1n) is 6.72. The van der Waals surface area contributed by atoms with Crippen LogP contribution in [0.1, 0.15) is 19.3 Å². The van der Waals surface area contributed by atoms with E-state index in [4.69, 9.17) is 26.2 Å². The topological polar surface area (TPSA) is 216 Å². The summed E-state index contributed by atoms with van der Waals surface area (Å²) in [6.45, 7) is -0.917. The molecule has 3 unspecified atom stereocenters. The Kier molecular flexibility index (Phi) is 8.97. The Morgan fingerprint density at radius 3 is 1.83 bits per heavy atom. The molecule has 12 nitrogen and oxygen atoms in total. The third-order valence-electron chi connectivity index (χ3n) is 2.81. The fourth-order valence-corrected chi connectivity index (χ4v) is 1.55. The van der Waals surface area contributed by atoms with Gasteiger partial charge in [-0.25, -0.2) is 4.79 Å². The molecule has 0 aliphatic carbocycles. The van der Waals surface area contributed by atoms with Gasteiger partial charge in [0.1, 0.15) is 12.1 Å². The molecule has 0 bridgehead atoms. The average molecular weight is 349 g/mol. The number of amides is 2. The summed E-state index contributed by atoms with van der Waals surface area (Å²) in [5, 5.41) is 38.8. The Morgan fingerprint density at radius 2 is 1.42 bits per heavy atom. The molecule has 0 fully saturated rings. The van der Waals surface area contributed by atoms with Crippen molar-refractivity contribution in [2.45, 2.75) is 37.4 Å². The van der Waals surface area contributed by atoms with Gasteiger partial charge in [-0.2, -0.15) is 0 Å². The monoisotopic (exact) mass is 349 g/mol. The van der Waals surface area contributed by atoms with E-state index in [0.29, 0.717) is 0 Å². The third-order valence-corrected chi connectivity index (χ3v) is 2.81. The molecule has 0 radical (unpaired) electrons. The van der Waals surface area contributed by atoms with Crippen molar-refractivity contribution < 1.29 is 44.4 Å². The Morgan fingerprint density at radius 1 is 0.875 bits per heavy atom. The van der Waals surface area contributed by atoms with E-state index < -0.39 is 67.3 Å². The van der Waals surface area contributed by atoms with Gasteiger partial charge < -0.3 is 36.8 Å². The quantitative estimate of drug-likeness (QED) is 0.197. The summed E-state index contributed by atoms with van der Waals surface area (Å²) in [6.07, 6.45) is -1.62. The lowest BCUT2D eigenvalue weighted by Gasteiger charge is -2.21. The highest BCUT2D eigenvalue weighted by atomic mass is 16.4. The number of carboxylic acid groups (broad SMARTS) is 3. The molecular formula is C12H19N3O9. The SMILES string of the molecule is NC(CC(=O)O)C(=O)NC(CCC(=O)O)C(=O)NC(CO)C(=O)O. The molecule has 2 amide bonds. The molecule has 136 valence electrons. The van der Waals surface area contributed by atoms with Gasteiger partial charge in [-0.05, 0) is 6.42 Å². The molecule has 0 saturated carbocycles. The van der Waals surface area contributed by atoms with Crippen molar-refractivity contribution in [3.8, 4) is 0 Å². The van der Waals surface area contributed by atoms with Crippen molar-refractivity contribution in [1.82, 2.24) is 10.6 Å². The predicted molar refractivity (Wildman–Crippen MR) is 75.7 cm³/mol. The number of aliphatic hydroxyl groups excluding tert-OH is 1. The van der Waals surface area contributed by atoms with Crippen LogP contribution in [0, 0.1) is 0 Å². The van der Waals surface area contributed by atoms with Gasteiger partial charge >= 0.3 is 17.9 Å². The van der Waals surface area contributed by atoms with Gasteiger partial charge in [0.15, 0.2) is 0 Å². The van der Waals surface area contributed by atoms with Gasteiger partial charge in [0.05, 0.1) is 19.1 Å². The number of hydrogen-bond donors (Lipinski definition) is 7. The molecule has 0 spiro atoms. The van der Waals surface area contributed by atoms with E-state index in [1.807, 2.05) is 5.32 Å². The minimum atomic E-state index is -1.64. The van der Waals surface area contributed by atoms with E-state index in [0.717, 1.165) is 0 Å². The zero-order valence-electron chi connectivity index (χ0n) is 12.5. The van der Waals surface area contributed by atoms with Gasteiger partial charge in [0, 0.05) is 6.42 Å². The summed E-state index contributed by atoms with van der Waals surface area (Å²) in [5.74, 6) is -6.21. The normalized spacial score (nSPS) is 14.1. The summed E-state index contributed by atoms with van der Waals surface area (Å²) in [6, 6.07) is -4.58. The Bertz CT molecular complexity index is 508. The summed E-state index contributed by atoms with van der Waals surface area (Å²) in [7, 11) is 0. The molecule has 8 N–H and O–H groups in total. The van der Waals surface area contributed by atoms with Crippen molar-refractivity contribution in [3.05, 3.63) is 0 Å². The van der Waals surface area contributed by atoms with Crippen LogP contribution < -0.4 is 16.4 Å². The average Bonchev–Trinajstić information content (AvgIpc) is 2.46. The van der Waals surface area contributed by atoms with Gasteiger partial charge in [-0.1, -0.05) is 0 Å². The number of aliphatic hydroxyl groups is 1. The van der Waals surface area contributed by atoms with Gasteiger partial charge in [0.25, 0.3) is 0 Å². The van der Waals surface area contributed by atoms with E-state index >= 15 is 0 Å². The van der Waals surface area contributed by atoms with E-state index in [-0.39, 0.29) is 6.42 Å². The standard InChI is InChI=1S/C12H19N3O9/c13-5(3-9(19)20)10(21)14-6(1-2-8(17)18)11(22)15-7(4-16)12(23)24/h5-7,16H,1-4,13H2,(H,14,21)(H,15,22)(H,17,18)(H,19,20)(H,23,24). The highest BCUT2D eigenvalue weighted by molar-refractivity contribution is 5.93. The van der Waals surface area contributed by atoms with E-state index in [1.54, 1.807) is 0 Å². The van der Waals surface area contributed by atoms with Gasteiger partial charge in [-0.3, -0.25) is 19.2 Å². The first kappa shape index (κ1) is 21.3. The molecular weight excluding hydrogens is 330 g/mol. The maximum atomic E-state index is 12.0. The molecule has 0 heterocycles. The van der Waals surface area contributed by atoms with Crippen molar-refractivity contribution in [1.29, 1.82) is 0 Å². The number of hydrogen-bond acceptors (Lipinski definition) is 7. The van der Waals surface area contributed by atoms with Crippen molar-refractivity contribution in [3.63, 3.8) is 0 Å². The first-order valence-corrected chi connectivity index (χ1v) is 6.72. The van der Waals surface area contributed by atoms with Crippen molar-refractivity contribution >= 4 is 29.7 Å². The lowest BCUT2D eigenvalue weighted by molar-refractivity contribution is -0.144. The van der Waals surface area contributed by atoms with Crippen LogP contribution in [0.3, 0.4) is 0 Å². The molecule has 24 heavy (non-hydrogen) atoms. The largest absolute Gasteiger partial charge is 0.481 e. The Hall–Kier alpha value is -2.73. The molecule has 0 saturated heterocycles. The van der Waals surface area contributed by atoms with E-state index in [1.165, 1.54) is 0 Å². The van der Waals surface area contributed by atoms with Crippen LogP contribution in [0.25, 0.3) is 0 Å². The summed E-state index contributed by atoms with van der Waals surface area (Å²) >= 11 is 0. The van der Waals surface area contributed by atoms with Crippen molar-refractivity contribution in [2.24, 2.45) is 5.73 Å². The molecule has 0 aliphatic heterocycles. The number of nitrogens with two attached hydrogens (primary N) is 1. The highest BCUT2D eigenvalue weighted by Gasteiger charge is 2.28. The lowest BCUT2D eigenvalue weighted by Crippen LogP contribution is -2.55.